The summed E-state index contributed by atoms with van der Waals surface area (Å²) in [6.07, 6.45) is 17.7. The molecule has 3 heteroatoms. The van der Waals surface area contributed by atoms with E-state index in [1.165, 1.54) is 39.0 Å². The average molecular weight is 308 g/mol. The Kier molecular flexibility index (Phi) is 13.6. The summed E-state index contributed by atoms with van der Waals surface area (Å²) in [7, 11) is 0. The highest BCUT2D eigenvalue weighted by Crippen LogP contribution is 2.09. The largest absolute Gasteiger partial charge is 0.458 e. The van der Waals surface area contributed by atoms with Gasteiger partial charge in [-0.3, -0.25) is 4.79 Å². The van der Waals surface area contributed by atoms with Crippen LogP contribution >= 0.6 is 0 Å². The van der Waals surface area contributed by atoms with Crippen molar-refractivity contribution in [3.63, 3.8) is 0 Å². The second-order valence-electron chi connectivity index (χ2n) is 5.73. The molecule has 0 aliphatic heterocycles. The average Bonchev–Trinajstić information content (AvgIpc) is 2.46. The lowest BCUT2D eigenvalue weighted by atomic mass is 10.1. The van der Waals surface area contributed by atoms with Crippen molar-refractivity contribution in [2.45, 2.75) is 84.7 Å². The first kappa shape index (κ1) is 20.6. The van der Waals surface area contributed by atoms with E-state index in [1.807, 2.05) is 25.2 Å². The van der Waals surface area contributed by atoms with Crippen molar-refractivity contribution >= 4 is 11.8 Å². The van der Waals surface area contributed by atoms with Gasteiger partial charge in [-0.25, -0.2) is 0 Å². The van der Waals surface area contributed by atoms with Gasteiger partial charge >= 0.3 is 5.97 Å². The van der Waals surface area contributed by atoms with Gasteiger partial charge in [0.15, 0.2) is 0 Å². The molecule has 0 N–H and O–H groups in total. The summed E-state index contributed by atoms with van der Waals surface area (Å²) in [5, 5.41) is 0. The van der Waals surface area contributed by atoms with Crippen LogP contribution in [0.25, 0.3) is 0 Å². The molecule has 0 heterocycles. The molecule has 0 amide bonds. The van der Waals surface area contributed by atoms with Gasteiger partial charge in [-0.1, -0.05) is 50.8 Å². The Morgan fingerprint density at radius 3 is 2.18 bits per heavy atom. The Morgan fingerprint density at radius 2 is 1.59 bits per heavy atom. The Morgan fingerprint density at radius 1 is 0.955 bits per heavy atom. The number of allylic oxidation sites excluding steroid dienone is 3. The lowest BCUT2D eigenvalue weighted by Gasteiger charge is -2.09. The van der Waals surface area contributed by atoms with E-state index in [4.69, 9.17) is 4.74 Å². The smallest absolute Gasteiger partial charge is 0.303 e. The molecular weight excluding hydrogens is 276 g/mol. The summed E-state index contributed by atoms with van der Waals surface area (Å²) in [6.45, 7) is 5.10. The zero-order valence-corrected chi connectivity index (χ0v) is 14.5. The van der Waals surface area contributed by atoms with Crippen molar-refractivity contribution in [1.29, 1.82) is 0 Å². The van der Waals surface area contributed by atoms with Crippen LogP contribution in [0.1, 0.15) is 78.6 Å². The van der Waals surface area contributed by atoms with Crippen LogP contribution < -0.4 is 0 Å². The van der Waals surface area contributed by atoms with Crippen molar-refractivity contribution in [1.82, 2.24) is 0 Å². The van der Waals surface area contributed by atoms with Gasteiger partial charge in [0.05, 0.1) is 0 Å². The second kappa shape index (κ2) is 14.6. The fourth-order valence-corrected chi connectivity index (χ4v) is 2.18. The van der Waals surface area contributed by atoms with Gasteiger partial charge in [0, 0.05) is 13.3 Å². The van der Waals surface area contributed by atoms with E-state index in [-0.39, 0.29) is 12.1 Å². The summed E-state index contributed by atoms with van der Waals surface area (Å²) in [5.74, 6) is 0.0704. The van der Waals surface area contributed by atoms with Crippen molar-refractivity contribution in [2.24, 2.45) is 0 Å². The fourth-order valence-electron chi connectivity index (χ4n) is 2.18. The lowest BCUT2D eigenvalue weighted by Crippen LogP contribution is -2.11. The van der Waals surface area contributed by atoms with Crippen LogP contribution in [0.3, 0.4) is 0 Å². The molecule has 0 spiro atoms. The van der Waals surface area contributed by atoms with Crippen LogP contribution in [-0.2, 0) is 14.3 Å². The summed E-state index contributed by atoms with van der Waals surface area (Å²) in [4.78, 5) is 21.6. The van der Waals surface area contributed by atoms with Crippen molar-refractivity contribution < 1.29 is 14.3 Å². The number of ketones is 1. The first-order chi connectivity index (χ1) is 10.6. The zero-order valence-electron chi connectivity index (χ0n) is 14.5. The van der Waals surface area contributed by atoms with Gasteiger partial charge < -0.3 is 9.53 Å². The number of ether oxygens (including phenoxy) is 1. The lowest BCUT2D eigenvalue weighted by molar-refractivity contribution is -0.144. The van der Waals surface area contributed by atoms with Crippen LogP contribution in [0.15, 0.2) is 24.3 Å². The molecule has 126 valence electrons. The molecule has 0 saturated heterocycles. The second-order valence-corrected chi connectivity index (χ2v) is 5.73. The Hall–Kier alpha value is -1.38. The molecule has 3 nitrogen and oxygen atoms in total. The molecule has 0 aliphatic carbocycles. The van der Waals surface area contributed by atoms with Crippen molar-refractivity contribution in [3.8, 4) is 0 Å². The minimum atomic E-state index is -0.233. The number of hydrogen-bond acceptors (Lipinski definition) is 3. The predicted molar refractivity (Wildman–Crippen MR) is 91.7 cm³/mol. The molecule has 1 atom stereocenters. The zero-order chi connectivity index (χ0) is 16.6. The van der Waals surface area contributed by atoms with Gasteiger partial charge in [-0.2, -0.15) is 0 Å². The van der Waals surface area contributed by atoms with Crippen LogP contribution in [0, 0.1) is 0 Å². The molecule has 0 saturated carbocycles. The molecule has 0 aromatic carbocycles. The van der Waals surface area contributed by atoms with Gasteiger partial charge in [-0.05, 0) is 38.7 Å². The van der Waals surface area contributed by atoms with E-state index in [9.17, 15) is 9.59 Å². The third-order valence-corrected chi connectivity index (χ3v) is 3.44. The van der Waals surface area contributed by atoms with Crippen molar-refractivity contribution in [3.05, 3.63) is 24.3 Å². The Labute approximate surface area is 135 Å². The summed E-state index contributed by atoms with van der Waals surface area (Å²) in [6, 6.07) is 0. The highest BCUT2D eigenvalue weighted by molar-refractivity contribution is 5.75. The summed E-state index contributed by atoms with van der Waals surface area (Å²) >= 11 is 0. The van der Waals surface area contributed by atoms with Gasteiger partial charge in [0.2, 0.25) is 0 Å². The molecule has 1 unspecified atom stereocenters. The number of unbranched alkanes of at least 4 members (excludes halogenated alkanes) is 6. The molecular formula is C19H32O3. The number of rotatable bonds is 13. The van der Waals surface area contributed by atoms with Gasteiger partial charge in [0.25, 0.3) is 0 Å². The van der Waals surface area contributed by atoms with E-state index >= 15 is 0 Å². The van der Waals surface area contributed by atoms with E-state index in [0.29, 0.717) is 5.78 Å². The van der Waals surface area contributed by atoms with E-state index in [1.54, 1.807) is 6.92 Å². The Balaban J connectivity index is 3.50. The molecule has 0 fully saturated rings. The first-order valence-corrected chi connectivity index (χ1v) is 8.56. The highest BCUT2D eigenvalue weighted by atomic mass is 16.5. The third-order valence-electron chi connectivity index (χ3n) is 3.44. The molecule has 0 bridgehead atoms. The van der Waals surface area contributed by atoms with Gasteiger partial charge in [-0.15, -0.1) is 0 Å². The molecule has 0 aromatic rings. The molecule has 0 aliphatic rings. The normalized spacial score (nSPS) is 12.9. The van der Waals surface area contributed by atoms with Crippen LogP contribution in [-0.4, -0.2) is 17.9 Å². The predicted octanol–water partition coefficient (Wildman–Crippen LogP) is 5.15. The first-order valence-electron chi connectivity index (χ1n) is 8.56. The maximum absolute atomic E-state index is 10.9. The molecule has 0 radical (unpaired) electrons. The van der Waals surface area contributed by atoms with E-state index in [0.717, 1.165) is 25.7 Å². The molecule has 0 aromatic heterocycles. The van der Waals surface area contributed by atoms with E-state index < -0.39 is 0 Å². The summed E-state index contributed by atoms with van der Waals surface area (Å²) in [5.41, 5.74) is 0. The number of hydrogen-bond donors (Lipinski definition) is 0. The SMILES string of the molecule is CCC(/C=C/C=C/CCCCCCCCC(C)=O)OC(C)=O. The third kappa shape index (κ3) is 15.0. The summed E-state index contributed by atoms with van der Waals surface area (Å²) < 4.78 is 5.13. The quantitative estimate of drug-likeness (QED) is 0.268. The topological polar surface area (TPSA) is 43.4 Å². The number of carbonyl (C=O) groups excluding carboxylic acids is 2. The Bertz CT molecular complexity index is 356. The standard InChI is InChI=1S/C19H32O3/c1-4-19(22-18(3)21)16-14-12-10-8-6-5-7-9-11-13-15-17(2)20/h10,12,14,16,19H,4-9,11,13,15H2,1-3H3/b12-10+,16-14+. The van der Waals surface area contributed by atoms with Crippen LogP contribution in [0.2, 0.25) is 0 Å². The molecule has 0 rings (SSSR count). The maximum atomic E-state index is 10.9. The highest BCUT2D eigenvalue weighted by Gasteiger charge is 2.03. The number of carbonyl (C=O) groups is 2. The van der Waals surface area contributed by atoms with Gasteiger partial charge in [0.1, 0.15) is 11.9 Å². The van der Waals surface area contributed by atoms with Crippen molar-refractivity contribution in [2.75, 3.05) is 0 Å². The van der Waals surface area contributed by atoms with Crippen LogP contribution in [0.4, 0.5) is 0 Å². The fraction of sp³-hybridized carbons (Fsp3) is 0.684. The molecule has 22 heavy (non-hydrogen) atoms. The number of Topliss-reactive ketones (excluding diaryl/α,β-unsaturated/α-hetero) is 1. The number of esters is 1. The minimum Gasteiger partial charge on any atom is -0.458 e. The van der Waals surface area contributed by atoms with E-state index in [2.05, 4.69) is 6.08 Å². The maximum Gasteiger partial charge on any atom is 0.303 e. The minimum absolute atomic E-state index is 0.114. The van der Waals surface area contributed by atoms with Crippen LogP contribution in [0.5, 0.6) is 0 Å². The monoisotopic (exact) mass is 308 g/mol.